The minimum absolute atomic E-state index is 0.0585. The smallest absolute Gasteiger partial charge is 0.255 e. The van der Waals surface area contributed by atoms with Gasteiger partial charge in [-0.1, -0.05) is 26.2 Å². The van der Waals surface area contributed by atoms with Gasteiger partial charge >= 0.3 is 0 Å². The number of hydrogen-bond donors (Lipinski definition) is 1. The highest BCUT2D eigenvalue weighted by atomic mass is 32.2. The van der Waals surface area contributed by atoms with Crippen LogP contribution in [0.5, 0.6) is 0 Å². The molecule has 1 aliphatic rings. The van der Waals surface area contributed by atoms with Crippen molar-refractivity contribution < 1.29 is 13.2 Å². The molecule has 1 amide bonds. The molecule has 0 unspecified atom stereocenters. The van der Waals surface area contributed by atoms with Gasteiger partial charge in [-0.2, -0.15) is 0 Å². The van der Waals surface area contributed by atoms with Crippen molar-refractivity contribution in [1.82, 2.24) is 9.62 Å². The standard InChI is InChI=1S/C18H28N2O3S2/c1-3-4-11-19-25(22,23)15-9-10-17(24-2)16(14-15)18(21)20-12-7-5-6-8-13-20/h9-10,14,19H,3-8,11-13H2,1-2H3. The first-order chi connectivity index (χ1) is 12.0. The maximum absolute atomic E-state index is 13.0. The predicted molar refractivity (Wildman–Crippen MR) is 103 cm³/mol. The molecule has 1 N–H and O–H groups in total. The molecule has 0 atom stereocenters. The zero-order chi connectivity index (χ0) is 18.3. The second-order valence-corrected chi connectivity index (χ2v) is 8.93. The molecule has 1 heterocycles. The van der Waals surface area contributed by atoms with Crippen molar-refractivity contribution in [2.24, 2.45) is 0 Å². The van der Waals surface area contributed by atoms with Crippen LogP contribution in [-0.2, 0) is 10.0 Å². The lowest BCUT2D eigenvalue weighted by molar-refractivity contribution is 0.0758. The molecule has 1 aliphatic heterocycles. The molecule has 7 heteroatoms. The highest BCUT2D eigenvalue weighted by Gasteiger charge is 2.23. The molecular formula is C18H28N2O3S2. The molecule has 0 aliphatic carbocycles. The summed E-state index contributed by atoms with van der Waals surface area (Å²) in [7, 11) is -3.58. The number of benzene rings is 1. The van der Waals surface area contributed by atoms with E-state index in [1.165, 1.54) is 17.8 Å². The van der Waals surface area contributed by atoms with Crippen LogP contribution in [0, 0.1) is 0 Å². The summed E-state index contributed by atoms with van der Waals surface area (Å²) in [6, 6.07) is 4.86. The Bertz CT molecular complexity index is 682. The van der Waals surface area contributed by atoms with E-state index in [4.69, 9.17) is 0 Å². The Balaban J connectivity index is 2.28. The van der Waals surface area contributed by atoms with Gasteiger partial charge in [0, 0.05) is 24.5 Å². The number of hydrogen-bond acceptors (Lipinski definition) is 4. The Morgan fingerprint density at radius 1 is 1.20 bits per heavy atom. The van der Waals surface area contributed by atoms with Gasteiger partial charge < -0.3 is 4.90 Å². The van der Waals surface area contributed by atoms with Gasteiger partial charge in [0.15, 0.2) is 0 Å². The van der Waals surface area contributed by atoms with Crippen molar-refractivity contribution >= 4 is 27.7 Å². The summed E-state index contributed by atoms with van der Waals surface area (Å²) in [4.78, 5) is 15.8. The Hall–Kier alpha value is -1.05. The van der Waals surface area contributed by atoms with Crippen molar-refractivity contribution in [3.05, 3.63) is 23.8 Å². The molecule has 1 saturated heterocycles. The van der Waals surface area contributed by atoms with Gasteiger partial charge in [-0.3, -0.25) is 4.79 Å². The average molecular weight is 385 g/mol. The third-order valence-electron chi connectivity index (χ3n) is 4.43. The van der Waals surface area contributed by atoms with Crippen LogP contribution in [0.2, 0.25) is 0 Å². The van der Waals surface area contributed by atoms with E-state index in [0.717, 1.165) is 56.5 Å². The van der Waals surface area contributed by atoms with Gasteiger partial charge in [0.25, 0.3) is 5.91 Å². The molecule has 0 saturated carbocycles. The zero-order valence-corrected chi connectivity index (χ0v) is 16.7. The topological polar surface area (TPSA) is 66.5 Å². The number of nitrogens with zero attached hydrogens (tertiary/aromatic N) is 1. The van der Waals surface area contributed by atoms with E-state index in [1.807, 2.05) is 18.1 Å². The number of amides is 1. The Morgan fingerprint density at radius 2 is 1.88 bits per heavy atom. The first kappa shape index (κ1) is 20.3. The molecule has 5 nitrogen and oxygen atoms in total. The SMILES string of the molecule is CCCCNS(=O)(=O)c1ccc(SC)c(C(=O)N2CCCCCC2)c1. The summed E-state index contributed by atoms with van der Waals surface area (Å²) < 4.78 is 27.5. The molecule has 1 fully saturated rings. The van der Waals surface area contributed by atoms with E-state index in [1.54, 1.807) is 12.1 Å². The maximum atomic E-state index is 13.0. The maximum Gasteiger partial charge on any atom is 0.255 e. The van der Waals surface area contributed by atoms with E-state index in [9.17, 15) is 13.2 Å². The lowest BCUT2D eigenvalue weighted by Crippen LogP contribution is -2.32. The van der Waals surface area contributed by atoms with Crippen LogP contribution in [0.1, 0.15) is 55.8 Å². The average Bonchev–Trinajstić information content (AvgIpc) is 2.90. The van der Waals surface area contributed by atoms with Crippen LogP contribution >= 0.6 is 11.8 Å². The summed E-state index contributed by atoms with van der Waals surface area (Å²) in [6.07, 6.45) is 7.94. The van der Waals surface area contributed by atoms with Gasteiger partial charge in [-0.25, -0.2) is 13.1 Å². The van der Waals surface area contributed by atoms with Crippen molar-refractivity contribution in [3.63, 3.8) is 0 Å². The fraction of sp³-hybridized carbons (Fsp3) is 0.611. The van der Waals surface area contributed by atoms with Crippen LogP contribution in [0.3, 0.4) is 0 Å². The third-order valence-corrected chi connectivity index (χ3v) is 6.68. The Labute approximate surface area is 155 Å². The molecular weight excluding hydrogens is 356 g/mol. The summed E-state index contributed by atoms with van der Waals surface area (Å²) in [5.41, 5.74) is 0.493. The molecule has 0 radical (unpaired) electrons. The number of carbonyl (C=O) groups is 1. The highest BCUT2D eigenvalue weighted by Crippen LogP contribution is 2.26. The molecule has 0 aromatic heterocycles. The number of nitrogens with one attached hydrogen (secondary N) is 1. The highest BCUT2D eigenvalue weighted by molar-refractivity contribution is 7.98. The van der Waals surface area contributed by atoms with E-state index < -0.39 is 10.0 Å². The number of sulfonamides is 1. The van der Waals surface area contributed by atoms with Crippen LogP contribution < -0.4 is 4.72 Å². The number of likely N-dealkylation sites (tertiary alicyclic amines) is 1. The monoisotopic (exact) mass is 384 g/mol. The number of rotatable bonds is 7. The van der Waals surface area contributed by atoms with Crippen LogP contribution in [0.15, 0.2) is 28.0 Å². The molecule has 25 heavy (non-hydrogen) atoms. The summed E-state index contributed by atoms with van der Waals surface area (Å²) in [5.74, 6) is -0.0585. The van der Waals surface area contributed by atoms with Gasteiger partial charge in [0.05, 0.1) is 10.5 Å². The predicted octanol–water partition coefficient (Wildman–Crippen LogP) is 3.50. The normalized spacial score (nSPS) is 15.8. The zero-order valence-electron chi connectivity index (χ0n) is 15.1. The van der Waals surface area contributed by atoms with E-state index in [0.29, 0.717) is 12.1 Å². The first-order valence-electron chi connectivity index (χ1n) is 8.96. The van der Waals surface area contributed by atoms with Crippen molar-refractivity contribution in [1.29, 1.82) is 0 Å². The fourth-order valence-electron chi connectivity index (χ4n) is 2.93. The fourth-order valence-corrected chi connectivity index (χ4v) is 4.60. The Morgan fingerprint density at radius 3 is 2.48 bits per heavy atom. The Kier molecular flexibility index (Phi) is 7.78. The molecule has 2 rings (SSSR count). The first-order valence-corrected chi connectivity index (χ1v) is 11.7. The molecule has 1 aromatic carbocycles. The molecule has 140 valence electrons. The largest absolute Gasteiger partial charge is 0.339 e. The molecule has 0 bridgehead atoms. The quantitative estimate of drug-likeness (QED) is 0.577. The van der Waals surface area contributed by atoms with Crippen molar-refractivity contribution in [2.75, 3.05) is 25.9 Å². The van der Waals surface area contributed by atoms with E-state index >= 15 is 0 Å². The third kappa shape index (κ3) is 5.46. The van der Waals surface area contributed by atoms with Crippen LogP contribution in [0.25, 0.3) is 0 Å². The van der Waals surface area contributed by atoms with Crippen molar-refractivity contribution in [3.8, 4) is 0 Å². The van der Waals surface area contributed by atoms with E-state index in [-0.39, 0.29) is 10.8 Å². The number of thioether (sulfide) groups is 1. The van der Waals surface area contributed by atoms with E-state index in [2.05, 4.69) is 4.72 Å². The number of carbonyl (C=O) groups excluding carboxylic acids is 1. The minimum Gasteiger partial charge on any atom is -0.339 e. The summed E-state index contributed by atoms with van der Waals surface area (Å²) >= 11 is 1.47. The number of unbranched alkanes of at least 4 members (excludes halogenated alkanes) is 1. The summed E-state index contributed by atoms with van der Waals surface area (Å²) in [5, 5.41) is 0. The summed E-state index contributed by atoms with van der Waals surface area (Å²) in [6.45, 7) is 3.93. The van der Waals surface area contributed by atoms with Gasteiger partial charge in [-0.15, -0.1) is 11.8 Å². The van der Waals surface area contributed by atoms with Crippen LogP contribution in [-0.4, -0.2) is 45.1 Å². The minimum atomic E-state index is -3.58. The second-order valence-electron chi connectivity index (χ2n) is 6.32. The molecule has 0 spiro atoms. The van der Waals surface area contributed by atoms with Gasteiger partial charge in [0.2, 0.25) is 10.0 Å². The lowest BCUT2D eigenvalue weighted by atomic mass is 10.2. The van der Waals surface area contributed by atoms with Crippen LogP contribution in [0.4, 0.5) is 0 Å². The van der Waals surface area contributed by atoms with Gasteiger partial charge in [0.1, 0.15) is 0 Å². The van der Waals surface area contributed by atoms with Gasteiger partial charge in [-0.05, 0) is 43.7 Å². The molecule has 1 aromatic rings. The lowest BCUT2D eigenvalue weighted by Gasteiger charge is -2.22. The van der Waals surface area contributed by atoms with Crippen molar-refractivity contribution in [2.45, 2.75) is 55.2 Å². The second kappa shape index (κ2) is 9.59.